The van der Waals surface area contributed by atoms with Crippen LogP contribution in [0.4, 0.5) is 0 Å². The van der Waals surface area contributed by atoms with Crippen LogP contribution in [0.25, 0.3) is 0 Å². The number of rotatable bonds is 3. The van der Waals surface area contributed by atoms with Gasteiger partial charge in [-0.15, -0.1) is 0 Å². The average molecular weight is 177 g/mol. The zero-order valence-electron chi connectivity index (χ0n) is 7.06. The summed E-state index contributed by atoms with van der Waals surface area (Å²) >= 11 is 5.63. The molecule has 0 aromatic heterocycles. The molecule has 0 heterocycles. The van der Waals surface area contributed by atoms with Crippen molar-refractivity contribution < 1.29 is 9.53 Å². The van der Waals surface area contributed by atoms with E-state index in [1.165, 1.54) is 6.92 Å². The van der Waals surface area contributed by atoms with E-state index >= 15 is 0 Å². The highest BCUT2D eigenvalue weighted by Crippen LogP contribution is 2.07. The highest BCUT2D eigenvalue weighted by Gasteiger charge is 2.02. The van der Waals surface area contributed by atoms with Gasteiger partial charge in [-0.3, -0.25) is 4.79 Å². The second-order valence-electron chi connectivity index (χ2n) is 2.33. The van der Waals surface area contributed by atoms with Crippen LogP contribution >= 0.6 is 11.6 Å². The summed E-state index contributed by atoms with van der Waals surface area (Å²) in [5, 5.41) is 0. The van der Waals surface area contributed by atoms with Gasteiger partial charge in [-0.2, -0.15) is 0 Å². The van der Waals surface area contributed by atoms with E-state index in [0.717, 1.165) is 12.0 Å². The zero-order chi connectivity index (χ0) is 8.85. The molecule has 0 radical (unpaired) electrons. The van der Waals surface area contributed by atoms with Gasteiger partial charge in [0.2, 0.25) is 0 Å². The predicted octanol–water partition coefficient (Wildman–Crippen LogP) is 2.47. The molecule has 0 aliphatic heterocycles. The standard InChI is InChI=1S/C8H13ClO2/c1-4-6(2)5-8(9)11-7(3)10/h5,8H,4H2,1-3H3/b6-5+. The molecule has 0 aromatic carbocycles. The fourth-order valence-electron chi connectivity index (χ4n) is 0.534. The van der Waals surface area contributed by atoms with Gasteiger partial charge in [-0.05, 0) is 19.4 Å². The maximum atomic E-state index is 10.4. The number of hydrogen-bond acceptors (Lipinski definition) is 2. The lowest BCUT2D eigenvalue weighted by Crippen LogP contribution is -2.06. The average Bonchev–Trinajstić information content (AvgIpc) is 1.85. The van der Waals surface area contributed by atoms with Crippen molar-refractivity contribution in [3.05, 3.63) is 11.6 Å². The van der Waals surface area contributed by atoms with Crippen molar-refractivity contribution in [1.29, 1.82) is 0 Å². The molecule has 1 unspecified atom stereocenters. The Balaban J connectivity index is 3.85. The van der Waals surface area contributed by atoms with Gasteiger partial charge in [0.25, 0.3) is 0 Å². The first-order valence-electron chi connectivity index (χ1n) is 3.54. The summed E-state index contributed by atoms with van der Waals surface area (Å²) in [6.07, 6.45) is 2.65. The summed E-state index contributed by atoms with van der Waals surface area (Å²) in [6, 6.07) is 0. The van der Waals surface area contributed by atoms with Gasteiger partial charge in [0.05, 0.1) is 0 Å². The Bertz CT molecular complexity index is 163. The summed E-state index contributed by atoms with van der Waals surface area (Å²) in [7, 11) is 0. The second-order valence-corrected chi connectivity index (χ2v) is 2.76. The molecule has 0 aliphatic rings. The monoisotopic (exact) mass is 176 g/mol. The number of alkyl halides is 1. The van der Waals surface area contributed by atoms with Crippen LogP contribution in [0, 0.1) is 0 Å². The predicted molar refractivity (Wildman–Crippen MR) is 45.5 cm³/mol. The number of ether oxygens (including phenoxy) is 1. The molecule has 2 nitrogen and oxygen atoms in total. The Hall–Kier alpha value is -0.500. The number of hydrogen-bond donors (Lipinski definition) is 0. The minimum atomic E-state index is -0.618. The van der Waals surface area contributed by atoms with Crippen LogP contribution in [0.15, 0.2) is 11.6 Å². The lowest BCUT2D eigenvalue weighted by molar-refractivity contribution is -0.141. The summed E-state index contributed by atoms with van der Waals surface area (Å²) in [5.41, 5.74) is 0.499. The third kappa shape index (κ3) is 5.92. The van der Waals surface area contributed by atoms with Gasteiger partial charge in [0, 0.05) is 6.92 Å². The highest BCUT2D eigenvalue weighted by atomic mass is 35.5. The first kappa shape index (κ1) is 10.5. The number of allylic oxidation sites excluding steroid dienone is 1. The Morgan fingerprint density at radius 2 is 2.18 bits per heavy atom. The van der Waals surface area contributed by atoms with Crippen LogP contribution in [-0.4, -0.2) is 11.5 Å². The van der Waals surface area contributed by atoms with Crippen LogP contribution in [0.5, 0.6) is 0 Å². The van der Waals surface area contributed by atoms with E-state index in [9.17, 15) is 4.79 Å². The fourth-order valence-corrected chi connectivity index (χ4v) is 0.875. The van der Waals surface area contributed by atoms with E-state index in [0.29, 0.717) is 0 Å². The number of esters is 1. The molecule has 0 N–H and O–H groups in total. The Morgan fingerprint density at radius 3 is 2.55 bits per heavy atom. The van der Waals surface area contributed by atoms with Crippen LogP contribution < -0.4 is 0 Å². The van der Waals surface area contributed by atoms with E-state index in [4.69, 9.17) is 11.6 Å². The minimum absolute atomic E-state index is 0.356. The summed E-state index contributed by atoms with van der Waals surface area (Å²) in [5.74, 6) is -0.356. The van der Waals surface area contributed by atoms with Gasteiger partial charge in [-0.1, -0.05) is 24.1 Å². The summed E-state index contributed by atoms with van der Waals surface area (Å²) < 4.78 is 4.67. The molecule has 0 amide bonds. The van der Waals surface area contributed by atoms with Gasteiger partial charge in [-0.25, -0.2) is 0 Å². The zero-order valence-corrected chi connectivity index (χ0v) is 7.81. The third-order valence-electron chi connectivity index (χ3n) is 1.25. The first-order chi connectivity index (χ1) is 5.06. The van der Waals surface area contributed by atoms with Crippen LogP contribution in [0.3, 0.4) is 0 Å². The van der Waals surface area contributed by atoms with Crippen molar-refractivity contribution in [3.8, 4) is 0 Å². The van der Waals surface area contributed by atoms with E-state index in [1.807, 2.05) is 13.8 Å². The van der Waals surface area contributed by atoms with Gasteiger partial charge >= 0.3 is 5.97 Å². The molecule has 0 aliphatic carbocycles. The molecule has 0 saturated heterocycles. The van der Waals surface area contributed by atoms with E-state index < -0.39 is 5.56 Å². The molecular formula is C8H13ClO2. The Morgan fingerprint density at radius 1 is 1.64 bits per heavy atom. The molecule has 64 valence electrons. The van der Waals surface area contributed by atoms with Crippen LogP contribution in [0.2, 0.25) is 0 Å². The van der Waals surface area contributed by atoms with Crippen molar-refractivity contribution in [3.63, 3.8) is 0 Å². The van der Waals surface area contributed by atoms with Crippen LogP contribution in [0.1, 0.15) is 27.2 Å². The minimum Gasteiger partial charge on any atom is -0.442 e. The maximum Gasteiger partial charge on any atom is 0.304 e. The maximum absolute atomic E-state index is 10.4. The summed E-state index contributed by atoms with van der Waals surface area (Å²) in [6.45, 7) is 5.30. The topological polar surface area (TPSA) is 26.3 Å². The van der Waals surface area contributed by atoms with E-state index in [-0.39, 0.29) is 5.97 Å². The molecule has 0 bridgehead atoms. The Kier molecular flexibility index (Phi) is 4.95. The van der Waals surface area contributed by atoms with Crippen molar-refractivity contribution >= 4 is 17.6 Å². The fraction of sp³-hybridized carbons (Fsp3) is 0.625. The lowest BCUT2D eigenvalue weighted by Gasteiger charge is -2.05. The smallest absolute Gasteiger partial charge is 0.304 e. The van der Waals surface area contributed by atoms with Gasteiger partial charge in [0.1, 0.15) is 0 Å². The van der Waals surface area contributed by atoms with Gasteiger partial charge < -0.3 is 4.74 Å². The van der Waals surface area contributed by atoms with E-state index in [2.05, 4.69) is 4.74 Å². The third-order valence-corrected chi connectivity index (χ3v) is 1.47. The van der Waals surface area contributed by atoms with Crippen LogP contribution in [-0.2, 0) is 9.53 Å². The van der Waals surface area contributed by atoms with Gasteiger partial charge in [0.15, 0.2) is 5.56 Å². The molecule has 0 aromatic rings. The number of carbonyl (C=O) groups is 1. The Labute approximate surface area is 72.2 Å². The molecule has 0 rings (SSSR count). The molecule has 0 fully saturated rings. The van der Waals surface area contributed by atoms with E-state index in [1.54, 1.807) is 6.08 Å². The molecule has 0 saturated carbocycles. The quantitative estimate of drug-likeness (QED) is 0.375. The second kappa shape index (κ2) is 5.19. The molecule has 1 atom stereocenters. The van der Waals surface area contributed by atoms with Crippen molar-refractivity contribution in [1.82, 2.24) is 0 Å². The summed E-state index contributed by atoms with van der Waals surface area (Å²) in [4.78, 5) is 10.4. The largest absolute Gasteiger partial charge is 0.442 e. The molecule has 0 spiro atoms. The number of carbonyl (C=O) groups excluding carboxylic acids is 1. The SMILES string of the molecule is CC/C(C)=C/C(Cl)OC(C)=O. The van der Waals surface area contributed by atoms with Crippen molar-refractivity contribution in [2.45, 2.75) is 32.8 Å². The normalized spacial score (nSPS) is 14.4. The lowest BCUT2D eigenvalue weighted by atomic mass is 10.2. The number of halogens is 1. The molecule has 3 heteroatoms. The molecule has 11 heavy (non-hydrogen) atoms. The van der Waals surface area contributed by atoms with Crippen molar-refractivity contribution in [2.75, 3.05) is 0 Å². The first-order valence-corrected chi connectivity index (χ1v) is 3.98. The molecular weight excluding hydrogens is 164 g/mol. The van der Waals surface area contributed by atoms with Crippen molar-refractivity contribution in [2.24, 2.45) is 0 Å². The highest BCUT2D eigenvalue weighted by molar-refractivity contribution is 6.21.